The Labute approximate surface area is 107 Å². The number of likely N-dealkylation sites (tertiary alicyclic amines) is 1. The second-order valence-electron chi connectivity index (χ2n) is 4.71. The number of pyridine rings is 1. The van der Waals surface area contributed by atoms with Crippen LogP contribution in [0.4, 0.5) is 0 Å². The number of likely N-dealkylation sites (N-methyl/N-ethyl adjacent to an activating group) is 1. The van der Waals surface area contributed by atoms with Gasteiger partial charge in [-0.25, -0.2) is 0 Å². The molecule has 0 aliphatic carbocycles. The second-order valence-corrected chi connectivity index (χ2v) is 4.71. The monoisotopic (exact) mass is 246 g/mol. The van der Waals surface area contributed by atoms with Gasteiger partial charge in [0.25, 0.3) is 0 Å². The molecule has 0 spiro atoms. The molecule has 0 unspecified atom stereocenters. The number of carbonyl (C=O) groups is 1. The summed E-state index contributed by atoms with van der Waals surface area (Å²) in [6, 6.07) is 3.80. The van der Waals surface area contributed by atoms with Crippen molar-refractivity contribution in [3.63, 3.8) is 0 Å². The minimum absolute atomic E-state index is 0.0795. The molecule has 0 radical (unpaired) electrons. The van der Waals surface area contributed by atoms with Crippen LogP contribution in [0.1, 0.15) is 18.4 Å². The summed E-state index contributed by atoms with van der Waals surface area (Å²) >= 11 is 0. The first-order valence-corrected chi connectivity index (χ1v) is 6.11. The molecule has 0 aromatic carbocycles. The second kappa shape index (κ2) is 5.73. The molecule has 5 heteroatoms. The highest BCUT2D eigenvalue weighted by Gasteiger charge is 2.21. The predicted octanol–water partition coefficient (Wildman–Crippen LogP) is 0.660. The summed E-state index contributed by atoms with van der Waals surface area (Å²) in [4.78, 5) is 17.9. The van der Waals surface area contributed by atoms with Gasteiger partial charge in [0.1, 0.15) is 0 Å². The molecule has 0 bridgehead atoms. The van der Waals surface area contributed by atoms with Gasteiger partial charge in [0.05, 0.1) is 6.42 Å². The fourth-order valence-corrected chi connectivity index (χ4v) is 2.14. The van der Waals surface area contributed by atoms with E-state index in [-0.39, 0.29) is 18.4 Å². The lowest BCUT2D eigenvalue weighted by Gasteiger charge is -2.13. The van der Waals surface area contributed by atoms with E-state index in [0.717, 1.165) is 19.5 Å². The Bertz CT molecular complexity index is 432. The van der Waals surface area contributed by atoms with E-state index in [1.807, 2.05) is 7.05 Å². The van der Waals surface area contributed by atoms with Gasteiger partial charge < -0.3 is 15.6 Å². The highest BCUT2D eigenvalue weighted by atomic mass is 16.1. The van der Waals surface area contributed by atoms with Gasteiger partial charge in [0.15, 0.2) is 0 Å². The quantitative estimate of drug-likeness (QED) is 0.767. The third-order valence-electron chi connectivity index (χ3n) is 3.10. The minimum Gasteiger partial charge on any atom is -0.352 e. The molecule has 1 aromatic rings. The van der Waals surface area contributed by atoms with E-state index in [1.54, 1.807) is 24.5 Å². The minimum atomic E-state index is -0.0795. The smallest absolute Gasteiger partial charge is 0.226 e. The van der Waals surface area contributed by atoms with Gasteiger partial charge in [-0.2, -0.15) is 0 Å². The first kappa shape index (κ1) is 12.7. The Morgan fingerprint density at radius 1 is 1.67 bits per heavy atom. The van der Waals surface area contributed by atoms with Crippen LogP contribution in [0.25, 0.3) is 0 Å². The topological polar surface area (TPSA) is 69.1 Å². The average molecular weight is 246 g/mol. The number of rotatable bonds is 4. The summed E-state index contributed by atoms with van der Waals surface area (Å²) in [7, 11) is 2.05. The first-order chi connectivity index (χ1) is 8.65. The van der Waals surface area contributed by atoms with Crippen LogP contribution in [0.15, 0.2) is 24.5 Å². The molecule has 5 nitrogen and oxygen atoms in total. The van der Waals surface area contributed by atoms with E-state index in [1.165, 1.54) is 0 Å². The van der Waals surface area contributed by atoms with Crippen LogP contribution in [0, 0.1) is 5.41 Å². The Balaban J connectivity index is 1.83. The molecule has 18 heavy (non-hydrogen) atoms. The van der Waals surface area contributed by atoms with E-state index in [0.29, 0.717) is 11.3 Å². The van der Waals surface area contributed by atoms with Crippen LogP contribution in [0.2, 0.25) is 0 Å². The fourth-order valence-electron chi connectivity index (χ4n) is 2.14. The summed E-state index contributed by atoms with van der Waals surface area (Å²) < 4.78 is 0. The van der Waals surface area contributed by atoms with Crippen molar-refractivity contribution in [1.82, 2.24) is 15.2 Å². The standard InChI is InChI=1S/C13H18N4O/c1-17-6-4-11(9-17)16-13(18)7-12(14)10-3-2-5-15-8-10/h2-3,5,8,11,14H,4,6-7,9H2,1H3,(H,16,18)/t11-/m1/s1. The zero-order valence-corrected chi connectivity index (χ0v) is 10.5. The number of amides is 1. The van der Waals surface area contributed by atoms with Gasteiger partial charge in [-0.05, 0) is 26.1 Å². The molecular weight excluding hydrogens is 228 g/mol. The number of nitrogens with zero attached hydrogens (tertiary/aromatic N) is 2. The zero-order chi connectivity index (χ0) is 13.0. The maximum absolute atomic E-state index is 11.8. The number of hydrogen-bond donors (Lipinski definition) is 2. The Kier molecular flexibility index (Phi) is 4.04. The van der Waals surface area contributed by atoms with Gasteiger partial charge in [-0.3, -0.25) is 9.78 Å². The molecule has 1 aliphatic heterocycles. The molecular formula is C13H18N4O. The maximum Gasteiger partial charge on any atom is 0.226 e. The van der Waals surface area contributed by atoms with Crippen molar-refractivity contribution >= 4 is 11.6 Å². The van der Waals surface area contributed by atoms with Gasteiger partial charge in [0, 0.05) is 36.3 Å². The van der Waals surface area contributed by atoms with Crippen molar-refractivity contribution in [2.45, 2.75) is 18.9 Å². The summed E-state index contributed by atoms with van der Waals surface area (Å²) in [5, 5.41) is 10.8. The normalized spacial score (nSPS) is 19.7. The number of nitrogens with one attached hydrogen (secondary N) is 2. The molecule has 2 heterocycles. The highest BCUT2D eigenvalue weighted by molar-refractivity contribution is 6.08. The largest absolute Gasteiger partial charge is 0.352 e. The van der Waals surface area contributed by atoms with Crippen molar-refractivity contribution < 1.29 is 4.79 Å². The third kappa shape index (κ3) is 3.37. The van der Waals surface area contributed by atoms with E-state index in [2.05, 4.69) is 15.2 Å². The van der Waals surface area contributed by atoms with Crippen LogP contribution in [0.5, 0.6) is 0 Å². The number of aromatic nitrogens is 1. The van der Waals surface area contributed by atoms with Gasteiger partial charge in [0.2, 0.25) is 5.91 Å². The molecule has 1 atom stereocenters. The summed E-state index contributed by atoms with van der Waals surface area (Å²) in [5.74, 6) is -0.0795. The fraction of sp³-hybridized carbons (Fsp3) is 0.462. The Morgan fingerprint density at radius 2 is 2.50 bits per heavy atom. The molecule has 0 saturated carbocycles. The lowest BCUT2D eigenvalue weighted by atomic mass is 10.1. The lowest BCUT2D eigenvalue weighted by molar-refractivity contribution is -0.120. The van der Waals surface area contributed by atoms with Crippen LogP contribution >= 0.6 is 0 Å². The SMILES string of the molecule is CN1CC[C@@H](NC(=O)CC(=N)c2cccnc2)C1. The van der Waals surface area contributed by atoms with Gasteiger partial charge in [-0.15, -0.1) is 0 Å². The summed E-state index contributed by atoms with van der Waals surface area (Å²) in [5.41, 5.74) is 1.02. The maximum atomic E-state index is 11.8. The van der Waals surface area contributed by atoms with E-state index in [4.69, 9.17) is 5.41 Å². The molecule has 96 valence electrons. The highest BCUT2D eigenvalue weighted by Crippen LogP contribution is 2.07. The number of carbonyl (C=O) groups excluding carboxylic acids is 1. The molecule has 1 amide bonds. The molecule has 1 aromatic heterocycles. The zero-order valence-electron chi connectivity index (χ0n) is 10.5. The number of hydrogen-bond acceptors (Lipinski definition) is 4. The molecule has 2 rings (SSSR count). The van der Waals surface area contributed by atoms with Gasteiger partial charge in [-0.1, -0.05) is 6.07 Å². The molecule has 1 aliphatic rings. The van der Waals surface area contributed by atoms with Crippen LogP contribution < -0.4 is 5.32 Å². The Morgan fingerprint density at radius 3 is 3.11 bits per heavy atom. The van der Waals surface area contributed by atoms with Crippen molar-refractivity contribution in [2.24, 2.45) is 0 Å². The van der Waals surface area contributed by atoms with Crippen LogP contribution in [-0.4, -0.2) is 47.7 Å². The molecule has 2 N–H and O–H groups in total. The Hall–Kier alpha value is -1.75. The van der Waals surface area contributed by atoms with E-state index >= 15 is 0 Å². The van der Waals surface area contributed by atoms with Crippen molar-refractivity contribution in [3.8, 4) is 0 Å². The van der Waals surface area contributed by atoms with E-state index in [9.17, 15) is 4.79 Å². The predicted molar refractivity (Wildman–Crippen MR) is 69.7 cm³/mol. The average Bonchev–Trinajstić information content (AvgIpc) is 2.75. The van der Waals surface area contributed by atoms with Crippen molar-refractivity contribution in [2.75, 3.05) is 20.1 Å². The first-order valence-electron chi connectivity index (χ1n) is 6.11. The molecule has 1 saturated heterocycles. The van der Waals surface area contributed by atoms with Crippen molar-refractivity contribution in [3.05, 3.63) is 30.1 Å². The third-order valence-corrected chi connectivity index (χ3v) is 3.10. The van der Waals surface area contributed by atoms with Crippen LogP contribution in [0.3, 0.4) is 0 Å². The van der Waals surface area contributed by atoms with Crippen molar-refractivity contribution in [1.29, 1.82) is 5.41 Å². The van der Waals surface area contributed by atoms with E-state index < -0.39 is 0 Å². The molecule has 1 fully saturated rings. The summed E-state index contributed by atoms with van der Waals surface area (Å²) in [6.07, 6.45) is 4.37. The lowest BCUT2D eigenvalue weighted by Crippen LogP contribution is -2.37. The van der Waals surface area contributed by atoms with Crippen LogP contribution in [-0.2, 0) is 4.79 Å². The summed E-state index contributed by atoms with van der Waals surface area (Å²) in [6.45, 7) is 1.91. The van der Waals surface area contributed by atoms with Gasteiger partial charge >= 0.3 is 0 Å².